The van der Waals surface area contributed by atoms with Crippen LogP contribution in [-0.4, -0.2) is 40.6 Å². The Hall–Kier alpha value is -3.83. The van der Waals surface area contributed by atoms with E-state index in [4.69, 9.17) is 14.2 Å². The molecule has 1 amide bonds. The van der Waals surface area contributed by atoms with Crippen LogP contribution in [0.1, 0.15) is 10.4 Å². The van der Waals surface area contributed by atoms with Crippen molar-refractivity contribution in [2.75, 3.05) is 31.4 Å². The summed E-state index contributed by atoms with van der Waals surface area (Å²) in [6.45, 7) is 0. The number of methoxy groups -OCH3 is 3. The Morgan fingerprint density at radius 3 is 2.26 bits per heavy atom. The first-order valence-electron chi connectivity index (χ1n) is 9.94. The number of aromatic nitrogens is 1. The summed E-state index contributed by atoms with van der Waals surface area (Å²) in [6.07, 6.45) is 0. The summed E-state index contributed by atoms with van der Waals surface area (Å²) in [5.41, 5.74) is 1.44. The van der Waals surface area contributed by atoms with Gasteiger partial charge >= 0.3 is 0 Å². The first-order valence-corrected chi connectivity index (χ1v) is 12.2. The van der Waals surface area contributed by atoms with Crippen molar-refractivity contribution in [3.8, 4) is 17.2 Å². The maximum absolute atomic E-state index is 12.8. The molecule has 0 aliphatic rings. The van der Waals surface area contributed by atoms with Crippen molar-refractivity contribution in [2.45, 2.75) is 4.90 Å². The van der Waals surface area contributed by atoms with Gasteiger partial charge in [-0.05, 0) is 54.6 Å². The van der Waals surface area contributed by atoms with Crippen molar-refractivity contribution in [1.29, 1.82) is 0 Å². The van der Waals surface area contributed by atoms with E-state index in [2.05, 4.69) is 15.0 Å². The third-order valence-electron chi connectivity index (χ3n) is 4.90. The van der Waals surface area contributed by atoms with E-state index in [-0.39, 0.29) is 15.9 Å². The number of hydrogen-bond donors (Lipinski definition) is 2. The Morgan fingerprint density at radius 1 is 0.882 bits per heavy atom. The fraction of sp³-hybridized carbons (Fsp3) is 0.130. The third-order valence-corrected chi connectivity index (χ3v) is 7.32. The summed E-state index contributed by atoms with van der Waals surface area (Å²) < 4.78 is 44.1. The molecule has 0 aliphatic heterocycles. The summed E-state index contributed by atoms with van der Waals surface area (Å²) in [5.74, 6) is 1.27. The topological polar surface area (TPSA) is 116 Å². The zero-order valence-electron chi connectivity index (χ0n) is 18.5. The van der Waals surface area contributed by atoms with Crippen LogP contribution in [0.2, 0.25) is 0 Å². The van der Waals surface area contributed by atoms with Crippen LogP contribution in [0.3, 0.4) is 0 Å². The molecule has 0 spiro atoms. The summed E-state index contributed by atoms with van der Waals surface area (Å²) in [5, 5.41) is 3.01. The van der Waals surface area contributed by atoms with Crippen molar-refractivity contribution < 1.29 is 27.4 Å². The van der Waals surface area contributed by atoms with Crippen LogP contribution in [0.25, 0.3) is 10.2 Å². The molecule has 34 heavy (non-hydrogen) atoms. The average Bonchev–Trinajstić information content (AvgIpc) is 3.24. The van der Waals surface area contributed by atoms with Gasteiger partial charge in [0, 0.05) is 11.6 Å². The number of carbonyl (C=O) groups excluding carboxylic acids is 1. The number of nitrogens with one attached hydrogen (secondary N) is 2. The van der Waals surface area contributed by atoms with E-state index in [1.807, 2.05) is 0 Å². The minimum atomic E-state index is -3.83. The Kier molecular flexibility index (Phi) is 6.57. The molecule has 11 heteroatoms. The smallest absolute Gasteiger partial charge is 0.263 e. The van der Waals surface area contributed by atoms with Gasteiger partial charge in [0.2, 0.25) is 0 Å². The van der Waals surface area contributed by atoms with Gasteiger partial charge in [-0.15, -0.1) is 0 Å². The van der Waals surface area contributed by atoms with E-state index in [0.717, 1.165) is 11.3 Å². The second kappa shape index (κ2) is 9.57. The molecule has 1 heterocycles. The maximum Gasteiger partial charge on any atom is 0.263 e. The molecule has 3 aromatic carbocycles. The highest BCUT2D eigenvalue weighted by Crippen LogP contribution is 2.31. The average molecular weight is 500 g/mol. The van der Waals surface area contributed by atoms with Gasteiger partial charge in [0.05, 0.1) is 42.1 Å². The van der Waals surface area contributed by atoms with E-state index in [1.165, 1.54) is 26.4 Å². The number of anilines is 2. The van der Waals surface area contributed by atoms with Crippen LogP contribution in [0.5, 0.6) is 17.2 Å². The predicted octanol–water partition coefficient (Wildman–Crippen LogP) is 4.38. The molecule has 0 saturated heterocycles. The number of rotatable bonds is 8. The lowest BCUT2D eigenvalue weighted by Crippen LogP contribution is -2.12. The molecule has 4 aromatic rings. The monoisotopic (exact) mass is 499 g/mol. The molecule has 0 unspecified atom stereocenters. The van der Waals surface area contributed by atoms with Crippen LogP contribution in [0.4, 0.5) is 10.8 Å². The van der Waals surface area contributed by atoms with Gasteiger partial charge in [-0.25, -0.2) is 13.4 Å². The molecule has 176 valence electrons. The zero-order chi connectivity index (χ0) is 24.3. The van der Waals surface area contributed by atoms with Gasteiger partial charge in [0.15, 0.2) is 5.13 Å². The van der Waals surface area contributed by atoms with Crippen molar-refractivity contribution in [3.05, 3.63) is 66.2 Å². The Balaban J connectivity index is 1.54. The second-order valence-corrected chi connectivity index (χ2v) is 9.72. The quantitative estimate of drug-likeness (QED) is 0.370. The van der Waals surface area contributed by atoms with Crippen LogP contribution in [0, 0.1) is 0 Å². The van der Waals surface area contributed by atoms with Gasteiger partial charge in [0.1, 0.15) is 17.2 Å². The number of fused-ring (bicyclic) bond motifs is 1. The minimum Gasteiger partial charge on any atom is -0.497 e. The van der Waals surface area contributed by atoms with Crippen LogP contribution in [0.15, 0.2) is 65.6 Å². The standard InChI is InChI=1S/C23H21N3O6S2/c1-30-15-5-8-17(9-6-15)34(28,29)26-23-25-19-10-4-14(12-21(19)33-23)22(27)24-18-11-7-16(31-2)13-20(18)32-3/h4-13H,1-3H3,(H,24,27)(H,25,26). The highest BCUT2D eigenvalue weighted by atomic mass is 32.2. The maximum atomic E-state index is 12.8. The third kappa shape index (κ3) is 4.90. The van der Waals surface area contributed by atoms with Crippen molar-refractivity contribution >= 4 is 48.3 Å². The minimum absolute atomic E-state index is 0.0843. The van der Waals surface area contributed by atoms with Gasteiger partial charge in [-0.3, -0.25) is 9.52 Å². The lowest BCUT2D eigenvalue weighted by Gasteiger charge is -2.11. The van der Waals surface area contributed by atoms with E-state index in [0.29, 0.717) is 38.7 Å². The van der Waals surface area contributed by atoms with Gasteiger partial charge in [-0.1, -0.05) is 11.3 Å². The molecular formula is C23H21N3O6S2. The van der Waals surface area contributed by atoms with E-state index in [9.17, 15) is 13.2 Å². The summed E-state index contributed by atoms with van der Waals surface area (Å²) >= 11 is 1.13. The molecular weight excluding hydrogens is 478 g/mol. The van der Waals surface area contributed by atoms with Crippen LogP contribution < -0.4 is 24.2 Å². The molecule has 0 saturated carbocycles. The normalized spacial score (nSPS) is 11.1. The van der Waals surface area contributed by atoms with Crippen LogP contribution >= 0.6 is 11.3 Å². The number of nitrogens with zero attached hydrogens (tertiary/aromatic N) is 1. The first kappa shape index (κ1) is 23.3. The predicted molar refractivity (Wildman–Crippen MR) is 131 cm³/mol. The molecule has 0 radical (unpaired) electrons. The lowest BCUT2D eigenvalue weighted by molar-refractivity contribution is 0.102. The molecule has 1 aromatic heterocycles. The zero-order valence-corrected chi connectivity index (χ0v) is 20.1. The Morgan fingerprint density at radius 2 is 1.59 bits per heavy atom. The highest BCUT2D eigenvalue weighted by molar-refractivity contribution is 7.93. The van der Waals surface area contributed by atoms with Crippen molar-refractivity contribution in [1.82, 2.24) is 4.98 Å². The van der Waals surface area contributed by atoms with Gasteiger partial charge in [-0.2, -0.15) is 0 Å². The highest BCUT2D eigenvalue weighted by Gasteiger charge is 2.18. The number of thiazole rings is 1. The molecule has 0 aliphatic carbocycles. The number of sulfonamides is 1. The summed E-state index contributed by atoms with van der Waals surface area (Å²) in [6, 6.07) is 16.0. The van der Waals surface area contributed by atoms with E-state index in [1.54, 1.807) is 55.6 Å². The molecule has 0 fully saturated rings. The largest absolute Gasteiger partial charge is 0.497 e. The first-order chi connectivity index (χ1) is 16.3. The molecule has 0 atom stereocenters. The Labute approximate surface area is 200 Å². The van der Waals surface area contributed by atoms with Crippen molar-refractivity contribution in [3.63, 3.8) is 0 Å². The van der Waals surface area contributed by atoms with E-state index < -0.39 is 10.0 Å². The SMILES string of the molecule is COc1ccc(S(=O)(=O)Nc2nc3ccc(C(=O)Nc4ccc(OC)cc4OC)cc3s2)cc1. The summed E-state index contributed by atoms with van der Waals surface area (Å²) in [4.78, 5) is 17.2. The fourth-order valence-corrected chi connectivity index (χ4v) is 5.27. The molecule has 2 N–H and O–H groups in total. The van der Waals surface area contributed by atoms with Gasteiger partial charge < -0.3 is 19.5 Å². The molecule has 0 bridgehead atoms. The number of benzene rings is 3. The fourth-order valence-electron chi connectivity index (χ4n) is 3.13. The summed E-state index contributed by atoms with van der Waals surface area (Å²) in [7, 11) is 0.724. The van der Waals surface area contributed by atoms with E-state index >= 15 is 0 Å². The Bertz CT molecular complexity index is 1450. The number of carbonyl (C=O) groups is 1. The van der Waals surface area contributed by atoms with Crippen molar-refractivity contribution in [2.24, 2.45) is 0 Å². The van der Waals surface area contributed by atoms with Crippen LogP contribution in [-0.2, 0) is 10.0 Å². The number of ether oxygens (including phenoxy) is 3. The number of amides is 1. The molecule has 9 nitrogen and oxygen atoms in total. The number of hydrogen-bond acceptors (Lipinski definition) is 8. The lowest BCUT2D eigenvalue weighted by atomic mass is 10.2. The van der Waals surface area contributed by atoms with Gasteiger partial charge in [0.25, 0.3) is 15.9 Å². The second-order valence-electron chi connectivity index (χ2n) is 7.00. The molecule has 4 rings (SSSR count).